The van der Waals surface area contributed by atoms with Gasteiger partial charge in [0.25, 0.3) is 0 Å². The summed E-state index contributed by atoms with van der Waals surface area (Å²) in [6.45, 7) is 1.18. The highest BCUT2D eigenvalue weighted by atomic mass is 32.1. The molecule has 96 valence electrons. The zero-order chi connectivity index (χ0) is 13.0. The van der Waals surface area contributed by atoms with E-state index in [9.17, 15) is 4.79 Å². The largest absolute Gasteiger partial charge is 0.389 e. The Kier molecular flexibility index (Phi) is 4.28. The molecule has 1 aromatic carbocycles. The van der Waals surface area contributed by atoms with Gasteiger partial charge in [0.05, 0.1) is 0 Å². The van der Waals surface area contributed by atoms with Crippen LogP contribution in [0.4, 0.5) is 0 Å². The minimum atomic E-state index is -0.277. The third-order valence-electron chi connectivity index (χ3n) is 2.93. The molecule has 18 heavy (non-hydrogen) atoms. The molecule has 1 fully saturated rings. The van der Waals surface area contributed by atoms with Gasteiger partial charge >= 0.3 is 0 Å². The van der Waals surface area contributed by atoms with E-state index in [0.717, 1.165) is 24.0 Å². The molecule has 5 heteroatoms. The molecule has 0 spiro atoms. The summed E-state index contributed by atoms with van der Waals surface area (Å²) < 4.78 is 5.31. The fourth-order valence-corrected chi connectivity index (χ4v) is 2.01. The smallest absolute Gasteiger partial charge is 0.249 e. The fraction of sp³-hybridized carbons (Fsp3) is 0.385. The van der Waals surface area contributed by atoms with Crippen molar-refractivity contribution in [3.63, 3.8) is 0 Å². The number of rotatable bonds is 4. The van der Waals surface area contributed by atoms with Gasteiger partial charge in [-0.1, -0.05) is 36.5 Å². The molecule has 4 nitrogen and oxygen atoms in total. The Morgan fingerprint density at radius 3 is 2.72 bits per heavy atom. The van der Waals surface area contributed by atoms with Gasteiger partial charge in [-0.2, -0.15) is 0 Å². The van der Waals surface area contributed by atoms with Crippen LogP contribution in [0.15, 0.2) is 24.3 Å². The summed E-state index contributed by atoms with van der Waals surface area (Å²) in [6, 6.07) is 7.53. The number of ether oxygens (including phenoxy) is 1. The van der Waals surface area contributed by atoms with Gasteiger partial charge in [0.2, 0.25) is 5.91 Å². The van der Waals surface area contributed by atoms with Gasteiger partial charge in [0.1, 0.15) is 11.1 Å². The first kappa shape index (κ1) is 13.0. The average Bonchev–Trinajstić information content (AvgIpc) is 2.90. The minimum absolute atomic E-state index is 0.0362. The molecule has 1 heterocycles. The molecule has 0 aliphatic carbocycles. The molecule has 1 aliphatic rings. The van der Waals surface area contributed by atoms with Gasteiger partial charge in [0, 0.05) is 18.7 Å². The highest BCUT2D eigenvalue weighted by Gasteiger charge is 2.22. The van der Waals surface area contributed by atoms with Crippen LogP contribution in [0.1, 0.15) is 24.0 Å². The van der Waals surface area contributed by atoms with Gasteiger partial charge in [-0.05, 0) is 18.4 Å². The predicted molar refractivity (Wildman–Crippen MR) is 73.2 cm³/mol. The maximum atomic E-state index is 11.7. The van der Waals surface area contributed by atoms with Crippen LogP contribution in [0.3, 0.4) is 0 Å². The van der Waals surface area contributed by atoms with Crippen LogP contribution in [-0.2, 0) is 16.1 Å². The molecule has 0 aromatic heterocycles. The van der Waals surface area contributed by atoms with Gasteiger partial charge < -0.3 is 15.8 Å². The summed E-state index contributed by atoms with van der Waals surface area (Å²) in [7, 11) is 0. The molecule has 2 rings (SSSR count). The SMILES string of the molecule is NC(=S)c1ccc(CNC(=O)C2CCCO2)cc1. The number of benzene rings is 1. The van der Waals surface area contributed by atoms with E-state index in [4.69, 9.17) is 22.7 Å². The Balaban J connectivity index is 1.86. The number of hydrogen-bond donors (Lipinski definition) is 2. The molecule has 0 radical (unpaired) electrons. The second-order valence-electron chi connectivity index (χ2n) is 4.28. The topological polar surface area (TPSA) is 64.3 Å². The first-order valence-corrected chi connectivity index (χ1v) is 6.35. The molecule has 0 bridgehead atoms. The number of carbonyl (C=O) groups excluding carboxylic acids is 1. The van der Waals surface area contributed by atoms with E-state index in [0.29, 0.717) is 18.1 Å². The Morgan fingerprint density at radius 2 is 2.17 bits per heavy atom. The van der Waals surface area contributed by atoms with Crippen molar-refractivity contribution >= 4 is 23.1 Å². The highest BCUT2D eigenvalue weighted by molar-refractivity contribution is 7.80. The molecule has 3 N–H and O–H groups in total. The number of amides is 1. The van der Waals surface area contributed by atoms with E-state index >= 15 is 0 Å². The van der Waals surface area contributed by atoms with Crippen LogP contribution in [0, 0.1) is 0 Å². The lowest BCUT2D eigenvalue weighted by Gasteiger charge is -2.10. The van der Waals surface area contributed by atoms with Gasteiger partial charge in [-0.3, -0.25) is 4.79 Å². The minimum Gasteiger partial charge on any atom is -0.389 e. The molecule has 1 saturated heterocycles. The lowest BCUT2D eigenvalue weighted by Crippen LogP contribution is -2.33. The lowest BCUT2D eigenvalue weighted by molar-refractivity contribution is -0.130. The van der Waals surface area contributed by atoms with Crippen molar-refractivity contribution in [3.8, 4) is 0 Å². The summed E-state index contributed by atoms with van der Waals surface area (Å²) >= 11 is 4.88. The summed E-state index contributed by atoms with van der Waals surface area (Å²) in [4.78, 5) is 12.1. The van der Waals surface area contributed by atoms with Crippen LogP contribution in [0.5, 0.6) is 0 Å². The van der Waals surface area contributed by atoms with Crippen LogP contribution in [0.25, 0.3) is 0 Å². The van der Waals surface area contributed by atoms with Crippen molar-refractivity contribution in [1.82, 2.24) is 5.32 Å². The molecule has 1 atom stereocenters. The van der Waals surface area contributed by atoms with Crippen molar-refractivity contribution < 1.29 is 9.53 Å². The number of nitrogens with one attached hydrogen (secondary N) is 1. The summed E-state index contributed by atoms with van der Waals surface area (Å²) in [5.74, 6) is -0.0362. The van der Waals surface area contributed by atoms with Crippen molar-refractivity contribution in [2.45, 2.75) is 25.5 Å². The monoisotopic (exact) mass is 264 g/mol. The van der Waals surface area contributed by atoms with Gasteiger partial charge in [-0.15, -0.1) is 0 Å². The number of thiocarbonyl (C=S) groups is 1. The van der Waals surface area contributed by atoms with Crippen molar-refractivity contribution in [2.75, 3.05) is 6.61 Å². The van der Waals surface area contributed by atoms with Crippen molar-refractivity contribution in [1.29, 1.82) is 0 Å². The van der Waals surface area contributed by atoms with E-state index in [2.05, 4.69) is 5.32 Å². The maximum absolute atomic E-state index is 11.7. The molecule has 1 amide bonds. The lowest BCUT2D eigenvalue weighted by atomic mass is 10.1. The van der Waals surface area contributed by atoms with E-state index in [-0.39, 0.29) is 12.0 Å². The zero-order valence-electron chi connectivity index (χ0n) is 10.0. The molecule has 1 aromatic rings. The van der Waals surface area contributed by atoms with Crippen LogP contribution < -0.4 is 11.1 Å². The van der Waals surface area contributed by atoms with Crippen LogP contribution in [-0.4, -0.2) is 23.6 Å². The normalized spacial score (nSPS) is 18.6. The number of carbonyl (C=O) groups is 1. The first-order valence-electron chi connectivity index (χ1n) is 5.95. The van der Waals surface area contributed by atoms with E-state index in [1.165, 1.54) is 0 Å². The zero-order valence-corrected chi connectivity index (χ0v) is 10.8. The van der Waals surface area contributed by atoms with Crippen LogP contribution >= 0.6 is 12.2 Å². The van der Waals surface area contributed by atoms with Crippen molar-refractivity contribution in [2.24, 2.45) is 5.73 Å². The first-order chi connectivity index (χ1) is 8.66. The molecule has 1 unspecified atom stereocenters. The molecular formula is C13H16N2O2S. The second kappa shape index (κ2) is 5.93. The molecular weight excluding hydrogens is 248 g/mol. The van der Waals surface area contributed by atoms with E-state index in [1.807, 2.05) is 24.3 Å². The summed E-state index contributed by atoms with van der Waals surface area (Å²) in [5, 5.41) is 2.86. The second-order valence-corrected chi connectivity index (χ2v) is 4.72. The number of hydrogen-bond acceptors (Lipinski definition) is 3. The third-order valence-corrected chi connectivity index (χ3v) is 3.16. The summed E-state index contributed by atoms with van der Waals surface area (Å²) in [6.07, 6.45) is 1.49. The van der Waals surface area contributed by atoms with Crippen LogP contribution in [0.2, 0.25) is 0 Å². The quantitative estimate of drug-likeness (QED) is 0.800. The highest BCUT2D eigenvalue weighted by Crippen LogP contribution is 2.12. The van der Waals surface area contributed by atoms with E-state index < -0.39 is 0 Å². The predicted octanol–water partition coefficient (Wildman–Crippen LogP) is 1.12. The van der Waals surface area contributed by atoms with Gasteiger partial charge in [-0.25, -0.2) is 0 Å². The number of nitrogens with two attached hydrogens (primary N) is 1. The van der Waals surface area contributed by atoms with Gasteiger partial charge in [0.15, 0.2) is 0 Å². The Bertz CT molecular complexity index is 439. The summed E-state index contributed by atoms with van der Waals surface area (Å²) in [5.41, 5.74) is 7.36. The maximum Gasteiger partial charge on any atom is 0.249 e. The third kappa shape index (κ3) is 3.27. The molecule has 1 aliphatic heterocycles. The Morgan fingerprint density at radius 1 is 1.44 bits per heavy atom. The van der Waals surface area contributed by atoms with Crippen molar-refractivity contribution in [3.05, 3.63) is 35.4 Å². The standard InChI is InChI=1S/C13H16N2O2S/c14-12(18)10-5-3-9(4-6-10)8-15-13(16)11-2-1-7-17-11/h3-6,11H,1-2,7-8H2,(H2,14,18)(H,15,16). The fourth-order valence-electron chi connectivity index (χ4n) is 1.87. The Labute approximate surface area is 112 Å². The van der Waals surface area contributed by atoms with E-state index in [1.54, 1.807) is 0 Å². The average molecular weight is 264 g/mol. The molecule has 0 saturated carbocycles. The Hall–Kier alpha value is -1.46.